The quantitative estimate of drug-likeness (QED) is 0.125. The summed E-state index contributed by atoms with van der Waals surface area (Å²) in [6.45, 7) is -0.123. The van der Waals surface area contributed by atoms with E-state index in [2.05, 4.69) is 319 Å². The molecular weight excluding hydrogens is 1040 g/mol. The fraction of sp³-hybridized carbons (Fsp3) is 0.0120. The Bertz CT molecular complexity index is 5080. The van der Waals surface area contributed by atoms with Gasteiger partial charge in [-0.15, -0.1) is 0 Å². The van der Waals surface area contributed by atoms with Crippen molar-refractivity contribution in [1.29, 1.82) is 0 Å². The van der Waals surface area contributed by atoms with Crippen molar-refractivity contribution in [3.8, 4) is 55.6 Å². The Morgan fingerprint density at radius 1 is 0.233 bits per heavy atom. The molecule has 2 aliphatic carbocycles. The molecule has 0 aromatic heterocycles. The van der Waals surface area contributed by atoms with E-state index in [0.29, 0.717) is 0 Å². The minimum atomic E-state index is -0.490. The van der Waals surface area contributed by atoms with E-state index in [9.17, 15) is 0 Å². The normalized spacial score (nSPS) is 13.6. The average Bonchev–Trinajstić information content (AvgIpc) is 1.71. The summed E-state index contributed by atoms with van der Waals surface area (Å²) in [5, 5.41) is 9.85. The third kappa shape index (κ3) is 6.68. The second-order valence-corrected chi connectivity index (χ2v) is 23.9. The maximum Gasteiger partial charge on any atom is 0.252 e. The fourth-order valence-corrected chi connectivity index (χ4v) is 15.8. The molecule has 2 nitrogen and oxygen atoms in total. The van der Waals surface area contributed by atoms with Crippen LogP contribution < -0.4 is 26.2 Å². The molecule has 396 valence electrons. The molecule has 0 saturated heterocycles. The Morgan fingerprint density at radius 3 is 1.06 bits per heavy atom. The summed E-state index contributed by atoms with van der Waals surface area (Å²) in [5.41, 5.74) is 28.0. The van der Waals surface area contributed by atoms with Crippen LogP contribution in [0.2, 0.25) is 0 Å². The van der Waals surface area contributed by atoms with Gasteiger partial charge < -0.3 is 9.80 Å². The van der Waals surface area contributed by atoms with Crippen molar-refractivity contribution in [2.24, 2.45) is 0 Å². The van der Waals surface area contributed by atoms with Gasteiger partial charge >= 0.3 is 0 Å². The van der Waals surface area contributed by atoms with Gasteiger partial charge in [0.25, 0.3) is 6.71 Å². The van der Waals surface area contributed by atoms with Gasteiger partial charge in [0, 0.05) is 34.1 Å². The Balaban J connectivity index is 0.940. The first-order valence-corrected chi connectivity index (χ1v) is 30.1. The van der Waals surface area contributed by atoms with Crippen LogP contribution in [0.3, 0.4) is 0 Å². The number of hydrogen-bond acceptors (Lipinski definition) is 2. The minimum absolute atomic E-state index is 0.123. The van der Waals surface area contributed by atoms with Crippen LogP contribution in [0.1, 0.15) is 22.3 Å². The van der Waals surface area contributed by atoms with Crippen LogP contribution in [0.5, 0.6) is 0 Å². The average molecular weight is 1090 g/mol. The van der Waals surface area contributed by atoms with Crippen LogP contribution in [-0.4, -0.2) is 6.71 Å². The third-order valence-corrected chi connectivity index (χ3v) is 19.5. The van der Waals surface area contributed by atoms with Gasteiger partial charge in [0.15, 0.2) is 0 Å². The molecule has 1 spiro atoms. The summed E-state index contributed by atoms with van der Waals surface area (Å²) in [5.74, 6) is 0. The highest BCUT2D eigenvalue weighted by atomic mass is 15.2. The van der Waals surface area contributed by atoms with Crippen LogP contribution in [0, 0.1) is 0 Å². The van der Waals surface area contributed by atoms with Crippen LogP contribution in [0.4, 0.5) is 34.1 Å². The molecule has 4 aliphatic rings. The molecule has 0 bridgehead atoms. The second-order valence-electron chi connectivity index (χ2n) is 23.9. The molecule has 0 unspecified atom stereocenters. The summed E-state index contributed by atoms with van der Waals surface area (Å²) in [6.07, 6.45) is 0. The zero-order valence-corrected chi connectivity index (χ0v) is 46.9. The van der Waals surface area contributed by atoms with Gasteiger partial charge in [0.05, 0.1) is 5.41 Å². The van der Waals surface area contributed by atoms with Crippen LogP contribution in [0.15, 0.2) is 309 Å². The van der Waals surface area contributed by atoms with Crippen LogP contribution in [0.25, 0.3) is 98.7 Å². The van der Waals surface area contributed by atoms with E-state index in [1.165, 1.54) is 160 Å². The number of hydrogen-bond donors (Lipinski definition) is 0. The molecular formula is C83H51BN2. The summed E-state index contributed by atoms with van der Waals surface area (Å²) in [7, 11) is 0. The maximum atomic E-state index is 2.61. The molecule has 0 atom stereocenters. The van der Waals surface area contributed by atoms with Crippen LogP contribution in [-0.2, 0) is 5.41 Å². The minimum Gasteiger partial charge on any atom is -0.311 e. The smallest absolute Gasteiger partial charge is 0.252 e. The van der Waals surface area contributed by atoms with Crippen molar-refractivity contribution < 1.29 is 0 Å². The van der Waals surface area contributed by atoms with Gasteiger partial charge in [0.1, 0.15) is 0 Å². The van der Waals surface area contributed by atoms with Crippen molar-refractivity contribution >= 4 is 100 Å². The molecule has 2 aliphatic heterocycles. The van der Waals surface area contributed by atoms with Gasteiger partial charge in [-0.1, -0.05) is 237 Å². The Morgan fingerprint density at radius 2 is 0.593 bits per heavy atom. The van der Waals surface area contributed by atoms with Gasteiger partial charge in [-0.3, -0.25) is 0 Å². The first-order valence-electron chi connectivity index (χ1n) is 30.1. The number of anilines is 6. The molecule has 86 heavy (non-hydrogen) atoms. The fourth-order valence-electron chi connectivity index (χ4n) is 15.8. The molecule has 19 rings (SSSR count). The van der Waals surface area contributed by atoms with Gasteiger partial charge in [-0.25, -0.2) is 0 Å². The molecule has 0 radical (unpaired) electrons. The van der Waals surface area contributed by atoms with E-state index >= 15 is 0 Å². The van der Waals surface area contributed by atoms with Crippen LogP contribution >= 0.6 is 0 Å². The topological polar surface area (TPSA) is 6.48 Å². The first kappa shape index (κ1) is 47.5. The SMILES string of the molecule is c1ccc(-c2ccc(N3c4cc5cc6ccccc6cc5cc4B4c5cc6cc7ccccc7cc6cc5N(c5ccc(-c6ccccc6)cc5)c5cc(-c6cccc7c6-c6ccccc6C76c7ccccc7-c7ccccc76)cc3c54)cc2)cc1. The number of benzene rings is 15. The summed E-state index contributed by atoms with van der Waals surface area (Å²) in [4.78, 5) is 5.21. The lowest BCUT2D eigenvalue weighted by Crippen LogP contribution is -2.61. The highest BCUT2D eigenvalue weighted by Gasteiger charge is 2.52. The lowest BCUT2D eigenvalue weighted by atomic mass is 9.33. The lowest BCUT2D eigenvalue weighted by molar-refractivity contribution is 0.794. The highest BCUT2D eigenvalue weighted by Crippen LogP contribution is 2.64. The number of rotatable bonds is 5. The van der Waals surface area contributed by atoms with Gasteiger partial charge in [0.2, 0.25) is 0 Å². The Hall–Kier alpha value is -11.0. The molecule has 15 aromatic carbocycles. The van der Waals surface area contributed by atoms with E-state index < -0.39 is 5.41 Å². The zero-order chi connectivity index (χ0) is 56.2. The van der Waals surface area contributed by atoms with Crippen molar-refractivity contribution in [2.75, 3.05) is 9.80 Å². The Kier molecular flexibility index (Phi) is 9.94. The molecule has 0 fully saturated rings. The van der Waals surface area contributed by atoms with Crippen molar-refractivity contribution in [2.45, 2.75) is 5.41 Å². The Labute approximate surface area is 499 Å². The maximum absolute atomic E-state index is 2.61. The standard InChI is InChI=1S/C83H51BN2/c1-3-18-52(19-4-1)54-34-38-65(39-35-54)85-77-48-62-44-58-24-9-7-22-56(58)42-60(62)46-75(77)84-76-47-61-43-57-23-8-10-25-59(57)45-63(61)49-78(76)86(66-40-36-55(37-41-66)53-20-5-2-6-21-53)80-51-64(50-79(85)82(80)84)67-29-17-33-74-81(67)70-28-13-16-32-73(70)83(74)71-30-14-11-26-68(71)69-27-12-15-31-72(69)83/h1-51H. The monoisotopic (exact) mass is 1090 g/mol. The third-order valence-electron chi connectivity index (χ3n) is 19.5. The summed E-state index contributed by atoms with van der Waals surface area (Å²) in [6, 6.07) is 117. The first-order chi connectivity index (χ1) is 42.6. The highest BCUT2D eigenvalue weighted by molar-refractivity contribution is 7.00. The predicted octanol–water partition coefficient (Wildman–Crippen LogP) is 19.7. The van der Waals surface area contributed by atoms with E-state index in [1.807, 2.05) is 0 Å². The van der Waals surface area contributed by atoms with Crippen molar-refractivity contribution in [1.82, 2.24) is 0 Å². The van der Waals surface area contributed by atoms with Gasteiger partial charge in [-0.2, -0.15) is 0 Å². The van der Waals surface area contributed by atoms with E-state index in [4.69, 9.17) is 0 Å². The van der Waals surface area contributed by atoms with E-state index in [0.717, 1.165) is 11.4 Å². The zero-order valence-electron chi connectivity index (χ0n) is 46.9. The number of fused-ring (bicyclic) bond motifs is 18. The predicted molar refractivity (Wildman–Crippen MR) is 363 cm³/mol. The number of nitrogens with zero attached hydrogens (tertiary/aromatic N) is 2. The molecule has 15 aromatic rings. The molecule has 0 amide bonds. The lowest BCUT2D eigenvalue weighted by Gasteiger charge is -2.45. The molecule has 0 N–H and O–H groups in total. The summed E-state index contributed by atoms with van der Waals surface area (Å²) < 4.78 is 0. The largest absolute Gasteiger partial charge is 0.311 e. The van der Waals surface area contributed by atoms with Gasteiger partial charge in [-0.05, 0) is 210 Å². The molecule has 3 heteroatoms. The summed E-state index contributed by atoms with van der Waals surface area (Å²) >= 11 is 0. The second kappa shape index (κ2) is 18.0. The van der Waals surface area contributed by atoms with Crippen molar-refractivity contribution in [3.63, 3.8) is 0 Å². The molecule has 2 heterocycles. The van der Waals surface area contributed by atoms with E-state index in [1.54, 1.807) is 0 Å². The molecule has 0 saturated carbocycles. The van der Waals surface area contributed by atoms with Crippen molar-refractivity contribution in [3.05, 3.63) is 332 Å². The van der Waals surface area contributed by atoms with E-state index in [-0.39, 0.29) is 6.71 Å².